The molecule has 2 heterocycles. The molecule has 2 aromatic carbocycles. The monoisotopic (exact) mass is 549 g/mol. The molecule has 1 saturated heterocycles. The number of allylic oxidation sites excluding steroid dienone is 4. The molecule has 12 heteroatoms. The Morgan fingerprint density at radius 2 is 1.95 bits per heavy atom. The number of aromatic nitrogens is 3. The molecule has 3 aromatic rings. The van der Waals surface area contributed by atoms with Crippen molar-refractivity contribution >= 4 is 23.3 Å². The molecule has 0 saturated carbocycles. The maximum absolute atomic E-state index is 12.6. The van der Waals surface area contributed by atoms with Gasteiger partial charge in [-0.1, -0.05) is 29.7 Å². The number of rotatable bonds is 6. The van der Waals surface area contributed by atoms with Gasteiger partial charge in [0.25, 0.3) is 0 Å². The van der Waals surface area contributed by atoms with Crippen LogP contribution in [0, 0.1) is 26.2 Å². The molecular weight excluding hydrogens is 523 g/mol. The highest BCUT2D eigenvalue weighted by Gasteiger charge is 2.31. The Hall–Kier alpha value is -5.05. The number of amides is 2. The number of carbonyl (C=O) groups is 1. The number of halogens is 3. The molecule has 1 aliphatic rings. The lowest BCUT2D eigenvalue weighted by molar-refractivity contribution is -0.274. The molecule has 2 N–H and O–H groups in total. The zero-order valence-corrected chi connectivity index (χ0v) is 22.0. The number of benzene rings is 2. The van der Waals surface area contributed by atoms with Crippen molar-refractivity contribution in [3.63, 3.8) is 0 Å². The van der Waals surface area contributed by atoms with Crippen LogP contribution in [0.25, 0.3) is 11.3 Å². The normalized spacial score (nSPS) is 15.1. The van der Waals surface area contributed by atoms with Gasteiger partial charge in [-0.25, -0.2) is 14.5 Å². The molecule has 2 amide bonds. The number of aryl methyl sites for hydroxylation is 2. The largest absolute Gasteiger partial charge is 0.573 e. The Balaban J connectivity index is 1.43. The van der Waals surface area contributed by atoms with Gasteiger partial charge in [-0.15, -0.1) is 24.7 Å². The zero-order valence-electron chi connectivity index (χ0n) is 22.0. The summed E-state index contributed by atoms with van der Waals surface area (Å²) < 4.78 is 42.4. The van der Waals surface area contributed by atoms with Crippen molar-refractivity contribution in [1.29, 1.82) is 0 Å². The van der Waals surface area contributed by atoms with Gasteiger partial charge >= 0.3 is 12.4 Å². The number of guanidine groups is 1. The number of urea groups is 1. The lowest BCUT2D eigenvalue weighted by Gasteiger charge is -2.20. The summed E-state index contributed by atoms with van der Waals surface area (Å²) in [5, 5.41) is 10.1. The van der Waals surface area contributed by atoms with Crippen LogP contribution in [0.1, 0.15) is 23.9 Å². The maximum atomic E-state index is 12.6. The summed E-state index contributed by atoms with van der Waals surface area (Å²) in [6, 6.07) is 10.7. The van der Waals surface area contributed by atoms with E-state index in [4.69, 9.17) is 6.42 Å². The van der Waals surface area contributed by atoms with E-state index < -0.39 is 12.4 Å². The van der Waals surface area contributed by atoms with Gasteiger partial charge in [-0.3, -0.25) is 5.32 Å². The van der Waals surface area contributed by atoms with Crippen molar-refractivity contribution < 1.29 is 22.7 Å². The van der Waals surface area contributed by atoms with E-state index in [1.807, 2.05) is 30.9 Å². The standard InChI is InChI=1S/C28H26F3N7O2/c1-5-21(34-27(39)35-26-32-14-15-37(26)24-13-6-18(2)16-20(24)4)8-7-19(3)25-33-17-38(36-25)22-9-11-23(12-10-22)40-28(29,30)31/h1,6-13,16-17H,14-15H2,2-4H3,(H2,32,34,35,39)/b19-7+,21-8+. The van der Waals surface area contributed by atoms with Crippen LogP contribution in [0.4, 0.5) is 23.7 Å². The van der Waals surface area contributed by atoms with E-state index in [9.17, 15) is 18.0 Å². The average Bonchev–Trinajstić information content (AvgIpc) is 3.56. The van der Waals surface area contributed by atoms with Crippen LogP contribution in [0.15, 0.2) is 71.6 Å². The Kier molecular flexibility index (Phi) is 8.23. The van der Waals surface area contributed by atoms with Gasteiger partial charge in [-0.2, -0.15) is 4.99 Å². The number of aliphatic imine (C=N–C) groups is 1. The molecule has 0 atom stereocenters. The zero-order chi connectivity index (χ0) is 28.9. The highest BCUT2D eigenvalue weighted by Crippen LogP contribution is 2.24. The molecule has 0 unspecified atom stereocenters. The maximum Gasteiger partial charge on any atom is 0.573 e. The van der Waals surface area contributed by atoms with Crippen LogP contribution >= 0.6 is 0 Å². The fourth-order valence-electron chi connectivity index (χ4n) is 3.94. The summed E-state index contributed by atoms with van der Waals surface area (Å²) >= 11 is 0. The molecule has 0 aliphatic carbocycles. The fraction of sp³-hybridized carbons (Fsp3) is 0.214. The lowest BCUT2D eigenvalue weighted by atomic mass is 10.1. The van der Waals surface area contributed by atoms with E-state index in [1.54, 1.807) is 13.0 Å². The number of hydrogen-bond donors (Lipinski definition) is 2. The number of terminal acetylenes is 1. The molecule has 4 rings (SSSR count). The van der Waals surface area contributed by atoms with Crippen molar-refractivity contribution in [3.8, 4) is 23.8 Å². The summed E-state index contributed by atoms with van der Waals surface area (Å²) in [7, 11) is 0. The van der Waals surface area contributed by atoms with Crippen molar-refractivity contribution in [1.82, 2.24) is 25.4 Å². The summed E-state index contributed by atoms with van der Waals surface area (Å²) in [4.78, 5) is 23.0. The quantitative estimate of drug-likeness (QED) is 0.336. The second-order valence-electron chi connectivity index (χ2n) is 8.86. The topological polar surface area (TPSA) is 96.7 Å². The highest BCUT2D eigenvalue weighted by molar-refractivity contribution is 6.04. The molecule has 0 bridgehead atoms. The number of alkyl halides is 3. The SMILES string of the molecule is C#C/C(=C\C=C(/C)c1ncn(-c2ccc(OC(F)(F)F)cc2)n1)NC(=O)/N=C1\NCCN1c1ccc(C)cc1C. The van der Waals surface area contributed by atoms with Crippen LogP contribution < -0.4 is 20.3 Å². The number of carbonyl (C=O) groups excluding carboxylic acids is 1. The number of nitrogens with zero attached hydrogens (tertiary/aromatic N) is 5. The van der Waals surface area contributed by atoms with Crippen molar-refractivity contribution in [2.24, 2.45) is 4.99 Å². The van der Waals surface area contributed by atoms with Gasteiger partial charge < -0.3 is 15.0 Å². The minimum Gasteiger partial charge on any atom is -0.406 e. The fourth-order valence-corrected chi connectivity index (χ4v) is 3.94. The second kappa shape index (κ2) is 11.8. The van der Waals surface area contributed by atoms with Crippen LogP contribution in [-0.4, -0.2) is 46.2 Å². The lowest BCUT2D eigenvalue weighted by Crippen LogP contribution is -2.33. The molecule has 206 valence electrons. The van der Waals surface area contributed by atoms with Gasteiger partial charge in [0, 0.05) is 18.8 Å². The van der Waals surface area contributed by atoms with E-state index in [1.165, 1.54) is 41.4 Å². The molecular formula is C28H26F3N7O2. The van der Waals surface area contributed by atoms with Gasteiger partial charge in [-0.05, 0) is 68.3 Å². The first-order valence-corrected chi connectivity index (χ1v) is 12.1. The van der Waals surface area contributed by atoms with Crippen LogP contribution in [0.3, 0.4) is 0 Å². The minimum absolute atomic E-state index is 0.185. The Bertz CT molecular complexity index is 1530. The third-order valence-corrected chi connectivity index (χ3v) is 5.80. The third-order valence-electron chi connectivity index (χ3n) is 5.80. The molecule has 1 aromatic heterocycles. The van der Waals surface area contributed by atoms with Crippen LogP contribution in [-0.2, 0) is 0 Å². The Morgan fingerprint density at radius 3 is 2.62 bits per heavy atom. The van der Waals surface area contributed by atoms with Crippen molar-refractivity contribution in [2.45, 2.75) is 27.1 Å². The summed E-state index contributed by atoms with van der Waals surface area (Å²) in [5.41, 5.74) is 4.48. The van der Waals surface area contributed by atoms with Gasteiger partial charge in [0.15, 0.2) is 5.82 Å². The Labute approximate surface area is 229 Å². The first-order valence-electron chi connectivity index (χ1n) is 12.1. The van der Waals surface area contributed by atoms with E-state index in [2.05, 4.69) is 42.4 Å². The smallest absolute Gasteiger partial charge is 0.406 e. The molecule has 1 aliphatic heterocycles. The van der Waals surface area contributed by atoms with Gasteiger partial charge in [0.2, 0.25) is 5.96 Å². The van der Waals surface area contributed by atoms with E-state index >= 15 is 0 Å². The van der Waals surface area contributed by atoms with Crippen molar-refractivity contribution in [2.75, 3.05) is 18.0 Å². The van der Waals surface area contributed by atoms with E-state index in [0.717, 1.165) is 16.8 Å². The molecule has 0 spiro atoms. The Morgan fingerprint density at radius 1 is 1.20 bits per heavy atom. The second-order valence-corrected chi connectivity index (χ2v) is 8.86. The summed E-state index contributed by atoms with van der Waals surface area (Å²) in [5.74, 6) is 2.87. The van der Waals surface area contributed by atoms with E-state index in [0.29, 0.717) is 36.1 Å². The molecule has 0 radical (unpaired) electrons. The summed E-state index contributed by atoms with van der Waals surface area (Å²) in [6.45, 7) is 7.08. The van der Waals surface area contributed by atoms with Crippen LogP contribution in [0.2, 0.25) is 0 Å². The van der Waals surface area contributed by atoms with Gasteiger partial charge in [0.05, 0.1) is 11.4 Å². The van der Waals surface area contributed by atoms with Crippen LogP contribution in [0.5, 0.6) is 5.75 Å². The van der Waals surface area contributed by atoms with Gasteiger partial charge in [0.1, 0.15) is 12.1 Å². The number of hydrogen-bond acceptors (Lipinski definition) is 4. The minimum atomic E-state index is -4.77. The average molecular weight is 550 g/mol. The molecule has 9 nitrogen and oxygen atoms in total. The first kappa shape index (κ1) is 28.0. The molecule has 1 fully saturated rings. The predicted octanol–water partition coefficient (Wildman–Crippen LogP) is 4.88. The summed E-state index contributed by atoms with van der Waals surface area (Å²) in [6.07, 6.45) is 5.40. The number of anilines is 1. The highest BCUT2D eigenvalue weighted by atomic mass is 19.4. The van der Waals surface area contributed by atoms with Crippen molar-refractivity contribution in [3.05, 3.63) is 83.6 Å². The third kappa shape index (κ3) is 7.08. The first-order chi connectivity index (χ1) is 19.0. The number of nitrogens with one attached hydrogen (secondary N) is 2. The molecule has 40 heavy (non-hydrogen) atoms. The van der Waals surface area contributed by atoms with E-state index in [-0.39, 0.29) is 11.4 Å². The number of ether oxygens (including phenoxy) is 1. The predicted molar refractivity (Wildman–Crippen MR) is 146 cm³/mol.